The van der Waals surface area contributed by atoms with Crippen molar-refractivity contribution < 1.29 is 66.9 Å². The Morgan fingerprint density at radius 2 is 1.20 bits per heavy atom. The number of hydrogen-bond acceptors (Lipinski definition) is 1. The van der Waals surface area contributed by atoms with Gasteiger partial charge in [0.05, 0.1) is 0 Å². The summed E-state index contributed by atoms with van der Waals surface area (Å²) in [5, 5.41) is 0. The molecule has 5 heavy (non-hydrogen) atoms. The van der Waals surface area contributed by atoms with Gasteiger partial charge in [0.15, 0.2) is 17.4 Å². The Bertz CT molecular complexity index is 11.6. The molecule has 0 amide bonds. The van der Waals surface area contributed by atoms with Crippen LogP contribution in [-0.4, -0.2) is 17.4 Å². The van der Waals surface area contributed by atoms with Crippen molar-refractivity contribution in [1.82, 2.24) is 0 Å². The van der Waals surface area contributed by atoms with E-state index >= 15 is 0 Å². The number of rotatable bonds is 0. The summed E-state index contributed by atoms with van der Waals surface area (Å²) in [6, 6.07) is 0. The Labute approximate surface area is 82.9 Å². The third kappa shape index (κ3) is 21.2. The van der Waals surface area contributed by atoms with E-state index in [9.17, 15) is 0 Å². The van der Waals surface area contributed by atoms with Crippen molar-refractivity contribution in [3.05, 3.63) is 0 Å². The van der Waals surface area contributed by atoms with E-state index < -0.39 is 0 Å². The third-order valence-electron chi connectivity index (χ3n) is 0. The summed E-state index contributed by atoms with van der Waals surface area (Å²) >= 11 is 0.100. The summed E-state index contributed by atoms with van der Waals surface area (Å²) in [4.78, 5) is 0. The Morgan fingerprint density at radius 1 is 1.20 bits per heavy atom. The van der Waals surface area contributed by atoms with E-state index in [4.69, 9.17) is 2.04 Å². The van der Waals surface area contributed by atoms with Gasteiger partial charge in [-0.2, -0.15) is 0 Å². The first-order chi connectivity index (χ1) is 1.00. The molecule has 0 aromatic heterocycles. The van der Waals surface area contributed by atoms with E-state index in [1.54, 1.807) is 0 Å². The van der Waals surface area contributed by atoms with E-state index in [-0.39, 0.29) is 82.2 Å². The Kier molecular flexibility index (Phi) is 165. The minimum atomic E-state index is 0. The molecule has 1 nitrogen and oxygen atoms in total. The first-order valence-electron chi connectivity index (χ1n) is 0.236. The van der Waals surface area contributed by atoms with Crippen LogP contribution >= 0.6 is 0 Å². The Balaban J connectivity index is -0.00000000167. The van der Waals surface area contributed by atoms with Crippen LogP contribution in [0.1, 0.15) is 0 Å². The van der Waals surface area contributed by atoms with Crippen LogP contribution in [0.15, 0.2) is 0 Å². The SMILES string of the molecule is [AlH3].[Cr].[Ni].[O]=[Y]. The third-order valence-corrected chi connectivity index (χ3v) is 0. The van der Waals surface area contributed by atoms with Gasteiger partial charge in [0.25, 0.3) is 0 Å². The first-order valence-corrected chi connectivity index (χ1v) is 1.39. The van der Waals surface area contributed by atoms with Crippen LogP contribution < -0.4 is 0 Å². The Morgan fingerprint density at radius 3 is 1.20 bits per heavy atom. The molecular formula is H3AlCrNiOY. The zero-order chi connectivity index (χ0) is 2.00. The van der Waals surface area contributed by atoms with Crippen LogP contribution in [0.5, 0.6) is 0 Å². The second-order valence-electron chi connectivity index (χ2n) is 0. The maximum atomic E-state index is 8.38. The van der Waals surface area contributed by atoms with Crippen molar-refractivity contribution in [3.63, 3.8) is 0 Å². The number of hydrogen-bond donors (Lipinski definition) is 0. The van der Waals surface area contributed by atoms with Gasteiger partial charge >= 0.3 is 33.1 Å². The van der Waals surface area contributed by atoms with E-state index in [2.05, 4.69) is 0 Å². The van der Waals surface area contributed by atoms with Crippen LogP contribution in [0.3, 0.4) is 0 Å². The second kappa shape index (κ2) is 31.8. The van der Waals surface area contributed by atoms with Crippen molar-refractivity contribution in [2.45, 2.75) is 0 Å². The van der Waals surface area contributed by atoms with Gasteiger partial charge in [0.2, 0.25) is 0 Å². The molecule has 0 aromatic rings. The molecule has 31 valence electrons. The molecule has 0 bridgehead atoms. The molecule has 0 aliphatic heterocycles. The van der Waals surface area contributed by atoms with Gasteiger partial charge in [-0.1, -0.05) is 0 Å². The van der Waals surface area contributed by atoms with Crippen molar-refractivity contribution in [2.24, 2.45) is 0 Å². The monoisotopic (exact) mass is 245 g/mol. The fourth-order valence-electron chi connectivity index (χ4n) is 0. The molecule has 0 spiro atoms. The molecule has 0 N–H and O–H groups in total. The van der Waals surface area contributed by atoms with Gasteiger partial charge in [0, 0.05) is 33.9 Å². The summed E-state index contributed by atoms with van der Waals surface area (Å²) in [5.41, 5.74) is 0. The summed E-state index contributed by atoms with van der Waals surface area (Å²) in [6.45, 7) is 0. The van der Waals surface area contributed by atoms with Crippen LogP contribution in [0.25, 0.3) is 0 Å². The van der Waals surface area contributed by atoms with Gasteiger partial charge < -0.3 is 0 Å². The molecule has 0 aliphatic carbocycles. The summed E-state index contributed by atoms with van der Waals surface area (Å²) in [5.74, 6) is 0. The summed E-state index contributed by atoms with van der Waals surface area (Å²) < 4.78 is 8.38. The molecule has 0 rings (SSSR count). The standard InChI is InChI=1S/Al.Cr.Ni.O.Y.3H. The second-order valence-corrected chi connectivity index (χ2v) is 0. The van der Waals surface area contributed by atoms with Gasteiger partial charge in [-0.25, -0.2) is 0 Å². The minimum absolute atomic E-state index is 0. The first kappa shape index (κ1) is 26.0. The molecule has 0 unspecified atom stereocenters. The van der Waals surface area contributed by atoms with Gasteiger partial charge in [-0.15, -0.1) is 0 Å². The fraction of sp³-hybridized carbons (Fsp3) is 0. The molecule has 0 aliphatic rings. The fourth-order valence-corrected chi connectivity index (χ4v) is 0. The summed E-state index contributed by atoms with van der Waals surface area (Å²) in [6.07, 6.45) is 0. The van der Waals surface area contributed by atoms with Crippen molar-refractivity contribution in [3.8, 4) is 0 Å². The van der Waals surface area contributed by atoms with Crippen molar-refractivity contribution in [1.29, 1.82) is 0 Å². The molecule has 0 atom stereocenters. The van der Waals surface area contributed by atoms with Gasteiger partial charge in [0.1, 0.15) is 0 Å². The van der Waals surface area contributed by atoms with Gasteiger partial charge in [-0.3, -0.25) is 0 Å². The molecule has 0 saturated heterocycles. The van der Waals surface area contributed by atoms with Crippen LogP contribution in [0.2, 0.25) is 0 Å². The van der Waals surface area contributed by atoms with Crippen molar-refractivity contribution in [2.75, 3.05) is 0 Å². The molecule has 0 heterocycles. The predicted molar refractivity (Wildman–Crippen MR) is 10.6 cm³/mol. The molecule has 0 fully saturated rings. The average Bonchev–Trinajstić information content (AvgIpc) is 1.00. The molecule has 5 heteroatoms. The molecule has 0 radical (unpaired) electrons. The zero-order valence-corrected chi connectivity index (χ0v) is 6.81. The topological polar surface area (TPSA) is 17.1 Å². The average molecular weight is 246 g/mol. The quantitative estimate of drug-likeness (QED) is 0.485. The zero-order valence-electron chi connectivity index (χ0n) is 1.71. The van der Waals surface area contributed by atoms with E-state index in [0.717, 1.165) is 0 Å². The predicted octanol–water partition coefficient (Wildman–Crippen LogP) is -1.31. The van der Waals surface area contributed by atoms with E-state index in [1.807, 2.05) is 0 Å². The summed E-state index contributed by atoms with van der Waals surface area (Å²) in [7, 11) is 0. The molecular weight excluding hydrogens is 243 g/mol. The normalized spacial score (nSPS) is 1.20. The van der Waals surface area contributed by atoms with E-state index in [1.165, 1.54) is 0 Å². The van der Waals surface area contributed by atoms with Crippen LogP contribution in [0.4, 0.5) is 0 Å². The Hall–Kier alpha value is 2.46. The van der Waals surface area contributed by atoms with Gasteiger partial charge in [-0.05, 0) is 0 Å². The molecule has 0 saturated carbocycles. The van der Waals surface area contributed by atoms with Crippen LogP contribution in [0, 0.1) is 0 Å². The molecule has 0 aromatic carbocycles. The maximum absolute atomic E-state index is 8.38. The van der Waals surface area contributed by atoms with Crippen LogP contribution in [-0.2, 0) is 66.9 Å². The van der Waals surface area contributed by atoms with Crippen molar-refractivity contribution >= 4 is 17.4 Å². The van der Waals surface area contributed by atoms with E-state index in [0.29, 0.717) is 0 Å².